The fourth-order valence-electron chi connectivity index (χ4n) is 3.63. The molecule has 0 radical (unpaired) electrons. The van der Waals surface area contributed by atoms with Gasteiger partial charge in [-0.3, -0.25) is 4.79 Å². The first-order valence-corrected chi connectivity index (χ1v) is 11.1. The van der Waals surface area contributed by atoms with Crippen LogP contribution in [0, 0.1) is 19.8 Å². The highest BCUT2D eigenvalue weighted by Gasteiger charge is 2.21. The van der Waals surface area contributed by atoms with Crippen LogP contribution in [0.2, 0.25) is 0 Å². The Balaban J connectivity index is 1.88. The summed E-state index contributed by atoms with van der Waals surface area (Å²) in [6.45, 7) is 5.36. The molecule has 6 nitrogen and oxygen atoms in total. The highest BCUT2D eigenvalue weighted by atomic mass is 32.2. The standard InChI is InChI=1S/C24H21FN2O4S/c1-13-11-17(15(3)30-19-9-10-20(25)27-24(19)32(26)29)23-18(12-13)21(28)14(2)22(31-23)16-7-5-4-6-8-16/h4-12,15H,26H2,1-3H3. The summed E-state index contributed by atoms with van der Waals surface area (Å²) >= 11 is 0. The van der Waals surface area contributed by atoms with Gasteiger partial charge in [-0.05, 0) is 50.6 Å². The lowest BCUT2D eigenvalue weighted by Gasteiger charge is -2.19. The van der Waals surface area contributed by atoms with Crippen molar-refractivity contribution in [3.8, 4) is 17.1 Å². The Kier molecular flexibility index (Phi) is 5.90. The number of fused-ring (bicyclic) bond motifs is 1. The summed E-state index contributed by atoms with van der Waals surface area (Å²) in [6.07, 6.45) is -0.638. The second-order valence-corrected chi connectivity index (χ2v) is 8.46. The van der Waals surface area contributed by atoms with Gasteiger partial charge in [0.25, 0.3) is 0 Å². The molecular formula is C24H21FN2O4S. The molecule has 4 rings (SSSR count). The van der Waals surface area contributed by atoms with E-state index < -0.39 is 23.0 Å². The van der Waals surface area contributed by atoms with Crippen molar-refractivity contribution < 1.29 is 17.8 Å². The summed E-state index contributed by atoms with van der Waals surface area (Å²) in [4.78, 5) is 16.8. The number of benzene rings is 2. The molecule has 0 saturated carbocycles. The predicted molar refractivity (Wildman–Crippen MR) is 121 cm³/mol. The summed E-state index contributed by atoms with van der Waals surface area (Å²) in [6, 6.07) is 15.4. The van der Waals surface area contributed by atoms with Gasteiger partial charge in [-0.2, -0.15) is 4.39 Å². The van der Waals surface area contributed by atoms with Crippen LogP contribution < -0.4 is 15.3 Å². The van der Waals surface area contributed by atoms with Gasteiger partial charge in [0.15, 0.2) is 16.2 Å². The van der Waals surface area contributed by atoms with E-state index in [0.29, 0.717) is 27.9 Å². The lowest BCUT2D eigenvalue weighted by Crippen LogP contribution is -2.13. The molecule has 0 bridgehead atoms. The van der Waals surface area contributed by atoms with Gasteiger partial charge in [0.05, 0.1) is 5.39 Å². The highest BCUT2D eigenvalue weighted by molar-refractivity contribution is 7.82. The van der Waals surface area contributed by atoms with Gasteiger partial charge >= 0.3 is 0 Å². The summed E-state index contributed by atoms with van der Waals surface area (Å²) in [5, 5.41) is 5.68. The number of hydrogen-bond acceptors (Lipinski definition) is 5. The van der Waals surface area contributed by atoms with E-state index in [-0.39, 0.29) is 16.2 Å². The molecule has 2 aromatic heterocycles. The van der Waals surface area contributed by atoms with Crippen molar-refractivity contribution in [1.82, 2.24) is 4.98 Å². The molecule has 0 amide bonds. The molecule has 2 heterocycles. The first-order valence-electron chi connectivity index (χ1n) is 9.89. The minimum absolute atomic E-state index is 0.0899. The van der Waals surface area contributed by atoms with Crippen LogP contribution >= 0.6 is 0 Å². The Hall–Kier alpha value is -3.36. The van der Waals surface area contributed by atoms with E-state index in [0.717, 1.165) is 17.2 Å². The van der Waals surface area contributed by atoms with Crippen LogP contribution in [0.25, 0.3) is 22.3 Å². The molecule has 0 aliphatic carbocycles. The Morgan fingerprint density at radius 2 is 1.84 bits per heavy atom. The number of nitrogens with zero attached hydrogens (tertiary/aromatic N) is 1. The molecular weight excluding hydrogens is 431 g/mol. The van der Waals surface area contributed by atoms with Gasteiger partial charge in [0.1, 0.15) is 28.4 Å². The van der Waals surface area contributed by atoms with Crippen molar-refractivity contribution in [2.45, 2.75) is 31.9 Å². The Bertz CT molecular complexity index is 1400. The van der Waals surface area contributed by atoms with Crippen LogP contribution in [0.1, 0.15) is 29.7 Å². The maximum Gasteiger partial charge on any atom is 0.214 e. The van der Waals surface area contributed by atoms with Crippen molar-refractivity contribution in [3.63, 3.8) is 0 Å². The number of nitrogens with two attached hydrogens (primary N) is 1. The van der Waals surface area contributed by atoms with Crippen molar-refractivity contribution in [3.05, 3.63) is 87.5 Å². The zero-order chi connectivity index (χ0) is 23.0. The third-order valence-corrected chi connectivity index (χ3v) is 5.83. The summed E-state index contributed by atoms with van der Waals surface area (Å²) in [7, 11) is -2.04. The van der Waals surface area contributed by atoms with Crippen molar-refractivity contribution in [2.75, 3.05) is 0 Å². The number of ether oxygens (including phenoxy) is 1. The van der Waals surface area contributed by atoms with Gasteiger partial charge < -0.3 is 9.15 Å². The van der Waals surface area contributed by atoms with Crippen LogP contribution in [-0.4, -0.2) is 9.19 Å². The van der Waals surface area contributed by atoms with E-state index in [1.807, 2.05) is 43.3 Å². The van der Waals surface area contributed by atoms with E-state index in [1.165, 1.54) is 6.07 Å². The molecule has 8 heteroatoms. The van der Waals surface area contributed by atoms with Crippen LogP contribution in [0.3, 0.4) is 0 Å². The first-order chi connectivity index (χ1) is 15.3. The minimum Gasteiger partial charge on any atom is -0.483 e. The third kappa shape index (κ3) is 4.06. The normalized spacial score (nSPS) is 13.2. The second kappa shape index (κ2) is 8.64. The van der Waals surface area contributed by atoms with E-state index >= 15 is 0 Å². The fraction of sp³-hybridized carbons (Fsp3) is 0.167. The van der Waals surface area contributed by atoms with Gasteiger partial charge in [-0.25, -0.2) is 14.3 Å². The smallest absolute Gasteiger partial charge is 0.214 e. The summed E-state index contributed by atoms with van der Waals surface area (Å²) in [5.74, 6) is -0.242. The third-order valence-electron chi connectivity index (χ3n) is 5.15. The van der Waals surface area contributed by atoms with E-state index in [4.69, 9.17) is 14.3 Å². The lowest BCUT2D eigenvalue weighted by molar-refractivity contribution is 0.218. The molecule has 164 valence electrons. The van der Waals surface area contributed by atoms with Crippen molar-refractivity contribution in [1.29, 1.82) is 0 Å². The van der Waals surface area contributed by atoms with Gasteiger partial charge in [0, 0.05) is 16.7 Å². The van der Waals surface area contributed by atoms with Gasteiger partial charge in [-0.15, -0.1) is 0 Å². The van der Waals surface area contributed by atoms with E-state index in [1.54, 1.807) is 19.9 Å². The number of hydrogen-bond donors (Lipinski definition) is 1. The lowest BCUT2D eigenvalue weighted by atomic mass is 10.00. The maximum atomic E-state index is 13.5. The number of rotatable bonds is 5. The van der Waals surface area contributed by atoms with Crippen molar-refractivity contribution >= 4 is 22.0 Å². The highest BCUT2D eigenvalue weighted by Crippen LogP contribution is 2.33. The van der Waals surface area contributed by atoms with Crippen LogP contribution in [0.15, 0.2) is 68.8 Å². The van der Waals surface area contributed by atoms with Gasteiger partial charge in [-0.1, -0.05) is 30.3 Å². The Morgan fingerprint density at radius 1 is 1.12 bits per heavy atom. The Morgan fingerprint density at radius 3 is 2.53 bits per heavy atom. The first kappa shape index (κ1) is 21.9. The maximum absolute atomic E-state index is 13.5. The molecule has 0 aliphatic rings. The molecule has 2 atom stereocenters. The molecule has 2 unspecified atom stereocenters. The molecule has 2 aromatic carbocycles. The largest absolute Gasteiger partial charge is 0.483 e. The minimum atomic E-state index is -2.04. The zero-order valence-electron chi connectivity index (χ0n) is 17.7. The predicted octanol–water partition coefficient (Wildman–Crippen LogP) is 4.73. The quantitative estimate of drug-likeness (QED) is 0.442. The van der Waals surface area contributed by atoms with E-state index in [2.05, 4.69) is 4.98 Å². The van der Waals surface area contributed by atoms with Crippen LogP contribution in [0.4, 0.5) is 4.39 Å². The molecule has 4 aromatic rings. The molecule has 32 heavy (non-hydrogen) atoms. The summed E-state index contributed by atoms with van der Waals surface area (Å²) in [5.41, 5.74) is 3.02. The van der Waals surface area contributed by atoms with Gasteiger partial charge in [0.2, 0.25) is 5.95 Å². The molecule has 0 saturated heterocycles. The number of aromatic nitrogens is 1. The summed E-state index contributed by atoms with van der Waals surface area (Å²) < 4.78 is 37.5. The number of pyridine rings is 1. The fourth-order valence-corrected chi connectivity index (χ4v) is 4.12. The SMILES string of the molecule is Cc1cc(C(C)Oc2ccc(F)nc2S(N)=O)c2oc(-c3ccccc3)c(C)c(=O)c2c1. The molecule has 0 aliphatic heterocycles. The van der Waals surface area contributed by atoms with E-state index in [9.17, 15) is 13.4 Å². The zero-order valence-corrected chi connectivity index (χ0v) is 18.5. The molecule has 2 N–H and O–H groups in total. The monoisotopic (exact) mass is 452 g/mol. The average Bonchev–Trinajstić information content (AvgIpc) is 2.77. The van der Waals surface area contributed by atoms with Crippen LogP contribution in [-0.2, 0) is 11.0 Å². The Labute approximate surface area is 186 Å². The number of aryl methyl sites for hydroxylation is 1. The molecule has 0 fully saturated rings. The average molecular weight is 453 g/mol. The second-order valence-electron chi connectivity index (χ2n) is 7.48. The number of halogens is 1. The topological polar surface area (TPSA) is 95.4 Å². The van der Waals surface area contributed by atoms with Crippen molar-refractivity contribution in [2.24, 2.45) is 5.14 Å². The van der Waals surface area contributed by atoms with Crippen LogP contribution in [0.5, 0.6) is 5.75 Å². The molecule has 0 spiro atoms.